The van der Waals surface area contributed by atoms with Crippen LogP contribution in [0.25, 0.3) is 5.65 Å². The van der Waals surface area contributed by atoms with Gasteiger partial charge in [0.05, 0.1) is 0 Å². The van der Waals surface area contributed by atoms with Gasteiger partial charge >= 0.3 is 5.97 Å². The first-order valence-electron chi connectivity index (χ1n) is 3.97. The number of carboxylic acid groups (broad SMARTS) is 1. The second kappa shape index (κ2) is 3.10. The fraction of sp³-hybridized carbons (Fsp3) is 0.111. The molecule has 0 atom stereocenters. The van der Waals surface area contributed by atoms with Crippen molar-refractivity contribution < 1.29 is 14.3 Å². The van der Waals surface area contributed by atoms with Crippen LogP contribution in [0.4, 0.5) is 4.39 Å². The zero-order valence-corrected chi connectivity index (χ0v) is 7.14. The van der Waals surface area contributed by atoms with Gasteiger partial charge < -0.3 is 9.51 Å². The smallest absolute Gasteiger partial charge is 0.356 e. The highest BCUT2D eigenvalue weighted by molar-refractivity contribution is 5.86. The lowest BCUT2D eigenvalue weighted by Gasteiger charge is -1.94. The van der Waals surface area contributed by atoms with Gasteiger partial charge in [0.2, 0.25) is 0 Å². The number of fused-ring (bicyclic) bond motifs is 1. The molecule has 0 saturated heterocycles. The van der Waals surface area contributed by atoms with Crippen molar-refractivity contribution in [1.29, 1.82) is 0 Å². The predicted molar refractivity (Wildman–Crippen MR) is 47.0 cm³/mol. The lowest BCUT2D eigenvalue weighted by atomic mass is 10.3. The molecule has 2 heterocycles. The molecule has 0 fully saturated rings. The van der Waals surface area contributed by atoms with E-state index in [1.54, 1.807) is 16.7 Å². The summed E-state index contributed by atoms with van der Waals surface area (Å²) in [5.74, 6) is -1.09. The third kappa shape index (κ3) is 1.32. The maximum atomic E-state index is 12.3. The van der Waals surface area contributed by atoms with Gasteiger partial charge in [-0.3, -0.25) is 0 Å². The van der Waals surface area contributed by atoms with E-state index in [0.29, 0.717) is 11.2 Å². The largest absolute Gasteiger partial charge is 0.476 e. The van der Waals surface area contributed by atoms with E-state index in [4.69, 9.17) is 5.11 Å². The zero-order valence-electron chi connectivity index (χ0n) is 7.14. The lowest BCUT2D eigenvalue weighted by molar-refractivity contribution is 0.0691. The highest BCUT2D eigenvalue weighted by Crippen LogP contribution is 2.09. The number of hydrogen-bond acceptors (Lipinski definition) is 2. The van der Waals surface area contributed by atoms with Gasteiger partial charge in [-0.2, -0.15) is 0 Å². The Bertz CT molecular complexity index is 493. The van der Waals surface area contributed by atoms with Gasteiger partial charge in [-0.25, -0.2) is 14.2 Å². The minimum absolute atomic E-state index is 0.0407. The van der Waals surface area contributed by atoms with E-state index in [9.17, 15) is 9.18 Å². The fourth-order valence-corrected chi connectivity index (χ4v) is 1.21. The third-order valence-corrected chi connectivity index (χ3v) is 1.90. The minimum atomic E-state index is -1.09. The Balaban J connectivity index is 2.60. The summed E-state index contributed by atoms with van der Waals surface area (Å²) < 4.78 is 13.8. The number of aromatic carboxylic acids is 1. The van der Waals surface area contributed by atoms with Crippen molar-refractivity contribution in [2.75, 3.05) is 0 Å². The van der Waals surface area contributed by atoms with Crippen LogP contribution in [0.2, 0.25) is 0 Å². The molecule has 0 saturated carbocycles. The van der Waals surface area contributed by atoms with Crippen molar-refractivity contribution in [3.63, 3.8) is 0 Å². The van der Waals surface area contributed by atoms with Crippen LogP contribution in [-0.2, 0) is 6.67 Å². The van der Waals surface area contributed by atoms with Crippen LogP contribution < -0.4 is 0 Å². The summed E-state index contributed by atoms with van der Waals surface area (Å²) >= 11 is 0. The molecule has 1 N–H and O–H groups in total. The molecule has 0 unspecified atom stereocenters. The lowest BCUT2D eigenvalue weighted by Crippen LogP contribution is -1.94. The number of imidazole rings is 1. The predicted octanol–water partition coefficient (Wildman–Crippen LogP) is 1.50. The standard InChI is InChI=1S/C9H7FN2O2/c10-4-6-1-2-12-5-7(9(13)14)11-8(12)3-6/h1-3,5H,4H2,(H,13,14). The van der Waals surface area contributed by atoms with Crippen LogP contribution in [0.5, 0.6) is 0 Å². The van der Waals surface area contributed by atoms with Crippen molar-refractivity contribution in [2.45, 2.75) is 6.67 Å². The summed E-state index contributed by atoms with van der Waals surface area (Å²) in [6.07, 6.45) is 2.98. The molecule has 0 radical (unpaired) electrons. The summed E-state index contributed by atoms with van der Waals surface area (Å²) in [4.78, 5) is 14.4. The Morgan fingerprint density at radius 1 is 1.64 bits per heavy atom. The van der Waals surface area contributed by atoms with Crippen LogP contribution in [0, 0.1) is 0 Å². The van der Waals surface area contributed by atoms with Crippen molar-refractivity contribution in [2.24, 2.45) is 0 Å². The number of carboxylic acids is 1. The highest BCUT2D eigenvalue weighted by Gasteiger charge is 2.08. The molecule has 72 valence electrons. The van der Waals surface area contributed by atoms with E-state index in [-0.39, 0.29) is 5.69 Å². The van der Waals surface area contributed by atoms with Gasteiger partial charge in [-0.05, 0) is 17.7 Å². The fourth-order valence-electron chi connectivity index (χ4n) is 1.21. The first kappa shape index (κ1) is 8.68. The van der Waals surface area contributed by atoms with Gasteiger partial charge in [0.25, 0.3) is 0 Å². The molecular weight excluding hydrogens is 187 g/mol. The Morgan fingerprint density at radius 3 is 3.07 bits per heavy atom. The average molecular weight is 194 g/mol. The van der Waals surface area contributed by atoms with Gasteiger partial charge in [-0.15, -0.1) is 0 Å². The molecule has 14 heavy (non-hydrogen) atoms. The van der Waals surface area contributed by atoms with Crippen molar-refractivity contribution in [3.8, 4) is 0 Å². The first-order chi connectivity index (χ1) is 6.70. The molecule has 0 aliphatic rings. The molecule has 4 nitrogen and oxygen atoms in total. The molecule has 0 aliphatic heterocycles. The van der Waals surface area contributed by atoms with E-state index in [1.165, 1.54) is 12.3 Å². The molecule has 2 aromatic heterocycles. The Kier molecular flexibility index (Phi) is 1.92. The van der Waals surface area contributed by atoms with Crippen LogP contribution in [0.3, 0.4) is 0 Å². The SMILES string of the molecule is O=C(O)c1cn2ccc(CF)cc2n1. The third-order valence-electron chi connectivity index (χ3n) is 1.90. The number of nitrogens with zero attached hydrogens (tertiary/aromatic N) is 2. The molecule has 0 aliphatic carbocycles. The number of carbonyl (C=O) groups is 1. The molecule has 5 heteroatoms. The van der Waals surface area contributed by atoms with Crippen LogP contribution in [0.1, 0.15) is 16.1 Å². The van der Waals surface area contributed by atoms with E-state index in [1.807, 2.05) is 0 Å². The Morgan fingerprint density at radius 2 is 2.43 bits per heavy atom. The summed E-state index contributed by atoms with van der Waals surface area (Å²) in [5, 5.41) is 8.66. The Hall–Kier alpha value is -1.91. The molecule has 0 amide bonds. The molecule has 2 aromatic rings. The highest BCUT2D eigenvalue weighted by atomic mass is 19.1. The topological polar surface area (TPSA) is 54.6 Å². The molecule has 0 bridgehead atoms. The van der Waals surface area contributed by atoms with Gasteiger partial charge in [0, 0.05) is 12.4 Å². The zero-order chi connectivity index (χ0) is 10.1. The summed E-state index contributed by atoms with van der Waals surface area (Å²) in [5.41, 5.74) is 0.888. The second-order valence-corrected chi connectivity index (χ2v) is 2.87. The maximum Gasteiger partial charge on any atom is 0.356 e. The quantitative estimate of drug-likeness (QED) is 0.788. The van der Waals surface area contributed by atoms with Crippen LogP contribution in [0.15, 0.2) is 24.5 Å². The first-order valence-corrected chi connectivity index (χ1v) is 3.97. The van der Waals surface area contributed by atoms with E-state index < -0.39 is 12.6 Å². The molecule has 2 rings (SSSR count). The summed E-state index contributed by atoms with van der Waals surface area (Å²) in [7, 11) is 0. The number of pyridine rings is 1. The summed E-state index contributed by atoms with van der Waals surface area (Å²) in [6, 6.07) is 3.10. The van der Waals surface area contributed by atoms with Crippen molar-refractivity contribution >= 4 is 11.6 Å². The number of halogens is 1. The number of aromatic nitrogens is 2. The van der Waals surface area contributed by atoms with Crippen molar-refractivity contribution in [3.05, 3.63) is 35.8 Å². The molecular formula is C9H7FN2O2. The maximum absolute atomic E-state index is 12.3. The Labute approximate surface area is 78.6 Å². The number of rotatable bonds is 2. The van der Waals surface area contributed by atoms with Crippen LogP contribution in [-0.4, -0.2) is 20.5 Å². The normalized spacial score (nSPS) is 10.6. The van der Waals surface area contributed by atoms with Crippen LogP contribution >= 0.6 is 0 Å². The van der Waals surface area contributed by atoms with Gasteiger partial charge in [-0.1, -0.05) is 0 Å². The molecule has 0 aromatic carbocycles. The van der Waals surface area contributed by atoms with E-state index >= 15 is 0 Å². The van der Waals surface area contributed by atoms with Gasteiger partial charge in [0.15, 0.2) is 5.69 Å². The summed E-state index contributed by atoms with van der Waals surface area (Å²) in [6.45, 7) is -0.578. The number of hydrogen-bond donors (Lipinski definition) is 1. The van der Waals surface area contributed by atoms with E-state index in [2.05, 4.69) is 4.98 Å². The second-order valence-electron chi connectivity index (χ2n) is 2.87. The minimum Gasteiger partial charge on any atom is -0.476 e. The molecule has 0 spiro atoms. The van der Waals surface area contributed by atoms with Crippen molar-refractivity contribution in [1.82, 2.24) is 9.38 Å². The number of alkyl halides is 1. The van der Waals surface area contributed by atoms with E-state index in [0.717, 1.165) is 0 Å². The van der Waals surface area contributed by atoms with Gasteiger partial charge in [0.1, 0.15) is 12.3 Å². The monoisotopic (exact) mass is 194 g/mol. The average Bonchev–Trinajstić information content (AvgIpc) is 2.59.